The lowest BCUT2D eigenvalue weighted by molar-refractivity contribution is 0.629. The van der Waals surface area contributed by atoms with Crippen molar-refractivity contribution in [3.8, 4) is 0 Å². The summed E-state index contributed by atoms with van der Waals surface area (Å²) in [6, 6.07) is 2.02. The quantitative estimate of drug-likeness (QED) is 0.539. The summed E-state index contributed by atoms with van der Waals surface area (Å²) in [5.41, 5.74) is 8.67. The molecule has 0 fully saturated rings. The zero-order chi connectivity index (χ0) is 12.6. The molecule has 1 aliphatic carbocycles. The predicted molar refractivity (Wildman–Crippen MR) is 70.7 cm³/mol. The van der Waals surface area contributed by atoms with E-state index in [1.54, 1.807) is 0 Å². The fourth-order valence-corrected chi connectivity index (χ4v) is 2.13. The normalized spacial score (nSPS) is 14.5. The van der Waals surface area contributed by atoms with Crippen LogP contribution in [0.5, 0.6) is 0 Å². The Balaban J connectivity index is 2.45. The number of amidine groups is 1. The Labute approximate surface area is 102 Å². The van der Waals surface area contributed by atoms with Crippen molar-refractivity contribution in [1.29, 1.82) is 5.41 Å². The molecule has 0 bridgehead atoms. The number of fused-ring (bicyclic) bond motifs is 1. The smallest absolute Gasteiger partial charge is 0.137 e. The number of nitrogen functional groups attached to an aromatic ring is 1. The van der Waals surface area contributed by atoms with E-state index in [1.807, 2.05) is 6.07 Å². The number of nitrogens with one attached hydrogen (secondary N) is 2. The maximum absolute atomic E-state index is 7.64. The van der Waals surface area contributed by atoms with E-state index in [0.717, 1.165) is 36.3 Å². The Morgan fingerprint density at radius 3 is 2.71 bits per heavy atom. The molecular weight excluding hydrogens is 212 g/mol. The van der Waals surface area contributed by atoms with E-state index in [4.69, 9.17) is 11.1 Å². The Hall–Kier alpha value is -1.58. The fourth-order valence-electron chi connectivity index (χ4n) is 2.13. The molecule has 1 aliphatic rings. The third-order valence-electron chi connectivity index (χ3n) is 2.83. The number of pyridine rings is 1. The van der Waals surface area contributed by atoms with Crippen molar-refractivity contribution in [1.82, 2.24) is 4.98 Å². The van der Waals surface area contributed by atoms with Crippen LogP contribution in [-0.2, 0) is 12.8 Å². The number of aryl methyl sites for hydroxylation is 2. The minimum Gasteiger partial charge on any atom is -0.384 e. The lowest BCUT2D eigenvalue weighted by atomic mass is 10.1. The van der Waals surface area contributed by atoms with Gasteiger partial charge in [0.15, 0.2) is 0 Å². The topological polar surface area (TPSA) is 74.8 Å². The van der Waals surface area contributed by atoms with E-state index in [2.05, 4.69) is 31.1 Å². The van der Waals surface area contributed by atoms with E-state index in [0.29, 0.717) is 0 Å². The zero-order valence-electron chi connectivity index (χ0n) is 10.7. The Morgan fingerprint density at radius 2 is 2.12 bits per heavy atom. The van der Waals surface area contributed by atoms with Crippen molar-refractivity contribution in [2.75, 3.05) is 5.32 Å². The van der Waals surface area contributed by atoms with Gasteiger partial charge in [0.1, 0.15) is 11.7 Å². The lowest BCUT2D eigenvalue weighted by Crippen LogP contribution is -2.29. The molecule has 0 aliphatic heterocycles. The first-order valence-corrected chi connectivity index (χ1v) is 6.02. The SMILES string of the molecule is CC(C)(C)Nc1nc2c(cc1C(=N)N)CCC2. The second-order valence-electron chi connectivity index (χ2n) is 5.63. The van der Waals surface area contributed by atoms with Crippen LogP contribution in [0.25, 0.3) is 0 Å². The van der Waals surface area contributed by atoms with E-state index in [1.165, 1.54) is 5.56 Å². The van der Waals surface area contributed by atoms with Crippen LogP contribution in [0, 0.1) is 5.41 Å². The predicted octanol–water partition coefficient (Wildman–Crippen LogP) is 2.06. The van der Waals surface area contributed by atoms with Crippen molar-refractivity contribution in [3.63, 3.8) is 0 Å². The van der Waals surface area contributed by atoms with Gasteiger partial charge in [-0.05, 0) is 51.7 Å². The Bertz CT molecular complexity index is 457. The molecule has 0 unspecified atom stereocenters. The van der Waals surface area contributed by atoms with Crippen LogP contribution in [0.1, 0.15) is 44.0 Å². The van der Waals surface area contributed by atoms with Gasteiger partial charge >= 0.3 is 0 Å². The minimum absolute atomic E-state index is 0.0793. The number of hydrogen-bond donors (Lipinski definition) is 3. The van der Waals surface area contributed by atoms with Gasteiger partial charge < -0.3 is 11.1 Å². The molecular formula is C13H20N4. The number of anilines is 1. The molecule has 0 amide bonds. The molecule has 92 valence electrons. The van der Waals surface area contributed by atoms with Gasteiger partial charge in [-0.15, -0.1) is 0 Å². The third kappa shape index (κ3) is 2.57. The van der Waals surface area contributed by atoms with Crippen LogP contribution in [-0.4, -0.2) is 16.4 Å². The van der Waals surface area contributed by atoms with Crippen molar-refractivity contribution in [2.24, 2.45) is 5.73 Å². The van der Waals surface area contributed by atoms with Crippen LogP contribution in [0.2, 0.25) is 0 Å². The average Bonchev–Trinajstić information content (AvgIpc) is 2.60. The van der Waals surface area contributed by atoms with Gasteiger partial charge in [0.25, 0.3) is 0 Å². The van der Waals surface area contributed by atoms with E-state index in [9.17, 15) is 0 Å². The maximum Gasteiger partial charge on any atom is 0.137 e. The third-order valence-corrected chi connectivity index (χ3v) is 2.83. The van der Waals surface area contributed by atoms with Crippen LogP contribution in [0.3, 0.4) is 0 Å². The molecule has 1 heterocycles. The summed E-state index contributed by atoms with van der Waals surface area (Å²) >= 11 is 0. The van der Waals surface area contributed by atoms with Crippen molar-refractivity contribution in [3.05, 3.63) is 22.9 Å². The van der Waals surface area contributed by atoms with E-state index in [-0.39, 0.29) is 11.4 Å². The van der Waals surface area contributed by atoms with Gasteiger partial charge in [0, 0.05) is 11.2 Å². The van der Waals surface area contributed by atoms with Crippen LogP contribution < -0.4 is 11.1 Å². The van der Waals surface area contributed by atoms with Gasteiger partial charge in [-0.3, -0.25) is 5.41 Å². The molecule has 17 heavy (non-hydrogen) atoms. The molecule has 1 aromatic heterocycles. The van der Waals surface area contributed by atoms with Crippen LogP contribution in [0.15, 0.2) is 6.07 Å². The highest BCUT2D eigenvalue weighted by molar-refractivity contribution is 5.99. The molecule has 0 saturated carbocycles. The molecule has 0 saturated heterocycles. The van der Waals surface area contributed by atoms with Crippen molar-refractivity contribution < 1.29 is 0 Å². The van der Waals surface area contributed by atoms with Gasteiger partial charge in [-0.25, -0.2) is 4.98 Å². The number of rotatable bonds is 2. The highest BCUT2D eigenvalue weighted by atomic mass is 15.1. The van der Waals surface area contributed by atoms with Crippen molar-refractivity contribution >= 4 is 11.7 Å². The Kier molecular flexibility index (Phi) is 2.81. The molecule has 4 heteroatoms. The summed E-state index contributed by atoms with van der Waals surface area (Å²) in [4.78, 5) is 4.63. The van der Waals surface area contributed by atoms with Gasteiger partial charge in [0.2, 0.25) is 0 Å². The highest BCUT2D eigenvalue weighted by Gasteiger charge is 2.20. The second kappa shape index (κ2) is 4.02. The second-order valence-corrected chi connectivity index (χ2v) is 5.63. The summed E-state index contributed by atoms with van der Waals surface area (Å²) in [7, 11) is 0. The molecule has 0 spiro atoms. The Morgan fingerprint density at radius 1 is 1.41 bits per heavy atom. The number of nitrogens with two attached hydrogens (primary N) is 1. The molecule has 2 rings (SSSR count). The summed E-state index contributed by atoms with van der Waals surface area (Å²) < 4.78 is 0. The lowest BCUT2D eigenvalue weighted by Gasteiger charge is -2.23. The van der Waals surface area contributed by atoms with E-state index < -0.39 is 0 Å². The molecule has 0 aromatic carbocycles. The van der Waals surface area contributed by atoms with Crippen LogP contribution >= 0.6 is 0 Å². The first-order chi connectivity index (χ1) is 7.87. The highest BCUT2D eigenvalue weighted by Crippen LogP contribution is 2.26. The fraction of sp³-hybridized carbons (Fsp3) is 0.538. The summed E-state index contributed by atoms with van der Waals surface area (Å²) in [6.07, 6.45) is 3.24. The van der Waals surface area contributed by atoms with Crippen LogP contribution in [0.4, 0.5) is 5.82 Å². The van der Waals surface area contributed by atoms with E-state index >= 15 is 0 Å². The number of hydrogen-bond acceptors (Lipinski definition) is 3. The molecule has 0 radical (unpaired) electrons. The van der Waals surface area contributed by atoms with Gasteiger partial charge in [0.05, 0.1) is 5.56 Å². The summed E-state index contributed by atoms with van der Waals surface area (Å²) in [6.45, 7) is 6.23. The first-order valence-electron chi connectivity index (χ1n) is 6.02. The number of aromatic nitrogens is 1. The first kappa shape index (κ1) is 11.9. The van der Waals surface area contributed by atoms with Gasteiger partial charge in [-0.2, -0.15) is 0 Å². The molecule has 1 aromatic rings. The summed E-state index contributed by atoms with van der Waals surface area (Å²) in [5.74, 6) is 0.824. The largest absolute Gasteiger partial charge is 0.384 e. The number of nitrogens with zero attached hydrogens (tertiary/aromatic N) is 1. The monoisotopic (exact) mass is 232 g/mol. The average molecular weight is 232 g/mol. The standard InChI is InChI=1S/C13H20N4/c1-13(2,3)17-12-9(11(14)15)7-8-5-4-6-10(8)16-12/h7H,4-6H2,1-3H3,(H3,14,15)(H,16,17). The molecule has 4 N–H and O–H groups in total. The molecule has 0 atom stereocenters. The van der Waals surface area contributed by atoms with Gasteiger partial charge in [-0.1, -0.05) is 0 Å². The summed E-state index contributed by atoms with van der Waals surface area (Å²) in [5, 5.41) is 11.0. The van der Waals surface area contributed by atoms with Crippen molar-refractivity contribution in [2.45, 2.75) is 45.6 Å². The maximum atomic E-state index is 7.64. The minimum atomic E-state index is -0.0793. The molecule has 4 nitrogen and oxygen atoms in total. The zero-order valence-corrected chi connectivity index (χ0v) is 10.7.